The van der Waals surface area contributed by atoms with Crippen molar-refractivity contribution in [2.75, 3.05) is 42.6 Å². The quantitative estimate of drug-likeness (QED) is 0.382. The minimum Gasteiger partial charge on any atom is -0.495 e. The van der Waals surface area contributed by atoms with Crippen molar-refractivity contribution in [1.82, 2.24) is 15.3 Å². The van der Waals surface area contributed by atoms with Gasteiger partial charge in [0.1, 0.15) is 34.0 Å². The molecule has 0 radical (unpaired) electrons. The summed E-state index contributed by atoms with van der Waals surface area (Å²) in [5.74, 6) is 0.838. The lowest BCUT2D eigenvalue weighted by molar-refractivity contribution is -0.117. The van der Waals surface area contributed by atoms with Crippen molar-refractivity contribution in [2.45, 2.75) is 51.7 Å². The Labute approximate surface area is 237 Å². The van der Waals surface area contributed by atoms with Crippen LogP contribution in [-0.2, 0) is 11.3 Å². The Morgan fingerprint density at radius 1 is 1.21 bits per heavy atom. The van der Waals surface area contributed by atoms with Gasteiger partial charge in [-0.2, -0.15) is 4.98 Å². The van der Waals surface area contributed by atoms with Crippen molar-refractivity contribution >= 4 is 52.6 Å². The SMILES string of the molecule is C.C=CC(=O)NC1CCCCC1Nc1ncc2c(n1)N(CCF)C(=O)N(c1c(Cl)c(OC)cc(OC)c1Cl)C2. The molecule has 13 heteroatoms. The van der Waals surface area contributed by atoms with E-state index in [-0.39, 0.29) is 77.5 Å². The summed E-state index contributed by atoms with van der Waals surface area (Å²) in [5.41, 5.74) is 0.743. The second kappa shape index (κ2) is 13.2. The lowest BCUT2D eigenvalue weighted by Gasteiger charge is -2.37. The van der Waals surface area contributed by atoms with Gasteiger partial charge in [-0.1, -0.05) is 50.0 Å². The van der Waals surface area contributed by atoms with Crippen molar-refractivity contribution in [3.8, 4) is 11.5 Å². The molecule has 212 valence electrons. The van der Waals surface area contributed by atoms with Gasteiger partial charge in [-0.15, -0.1) is 0 Å². The van der Waals surface area contributed by atoms with Crippen LogP contribution in [0.2, 0.25) is 10.0 Å². The fourth-order valence-electron chi connectivity index (χ4n) is 4.74. The first-order chi connectivity index (χ1) is 18.3. The maximum atomic E-state index is 13.6. The Kier molecular flexibility index (Phi) is 10.2. The number of rotatable bonds is 9. The Hall–Kier alpha value is -3.31. The third-order valence-electron chi connectivity index (χ3n) is 6.61. The highest BCUT2D eigenvalue weighted by atomic mass is 35.5. The molecule has 3 amide bonds. The fourth-order valence-corrected chi connectivity index (χ4v) is 5.45. The number of aromatic nitrogens is 2. The number of nitrogens with zero attached hydrogens (tertiary/aromatic N) is 4. The number of methoxy groups -OCH3 is 2. The molecule has 1 saturated carbocycles. The third kappa shape index (κ3) is 6.14. The maximum absolute atomic E-state index is 13.6. The lowest BCUT2D eigenvalue weighted by atomic mass is 9.90. The molecule has 39 heavy (non-hydrogen) atoms. The number of alkyl halides is 1. The zero-order valence-electron chi connectivity index (χ0n) is 21.1. The molecule has 0 bridgehead atoms. The first kappa shape index (κ1) is 30.2. The first-order valence-corrected chi connectivity index (χ1v) is 12.9. The number of hydrogen-bond acceptors (Lipinski definition) is 7. The number of ether oxygens (including phenoxy) is 2. The van der Waals surface area contributed by atoms with E-state index >= 15 is 0 Å². The zero-order chi connectivity index (χ0) is 27.4. The van der Waals surface area contributed by atoms with E-state index < -0.39 is 12.7 Å². The predicted molar refractivity (Wildman–Crippen MR) is 151 cm³/mol. The largest absolute Gasteiger partial charge is 0.495 e. The zero-order valence-corrected chi connectivity index (χ0v) is 22.6. The van der Waals surface area contributed by atoms with Gasteiger partial charge in [0.05, 0.1) is 33.0 Å². The van der Waals surface area contributed by atoms with Crippen molar-refractivity contribution in [2.24, 2.45) is 0 Å². The van der Waals surface area contributed by atoms with Crippen LogP contribution in [0.1, 0.15) is 38.7 Å². The van der Waals surface area contributed by atoms with E-state index in [1.807, 2.05) is 0 Å². The van der Waals surface area contributed by atoms with E-state index in [9.17, 15) is 14.0 Å². The van der Waals surface area contributed by atoms with Crippen LogP contribution >= 0.6 is 23.2 Å². The van der Waals surface area contributed by atoms with E-state index in [4.69, 9.17) is 32.7 Å². The molecule has 1 aliphatic carbocycles. The molecule has 10 nitrogen and oxygen atoms in total. The molecule has 2 N–H and O–H groups in total. The number of nitrogens with one attached hydrogen (secondary N) is 2. The van der Waals surface area contributed by atoms with Crippen LogP contribution in [0.3, 0.4) is 0 Å². The van der Waals surface area contributed by atoms with Gasteiger partial charge in [0, 0.05) is 29.9 Å². The van der Waals surface area contributed by atoms with E-state index in [0.29, 0.717) is 5.56 Å². The standard InChI is InChI=1S/C25H29Cl2FN6O4.CH4/c1-4-19(35)30-15-7-5-6-8-16(15)31-24-29-12-14-13-34(25(36)33(10-9-28)23(14)32-24)22-20(26)17(37-2)11-18(38-3)21(22)27;/h4,11-12,15-16H,1,5-10,13H2,2-3H3,(H,30,35)(H,29,31,32);1H4. The molecular formula is C26H33Cl2FN6O4. The molecule has 0 saturated heterocycles. The Morgan fingerprint density at radius 2 is 1.85 bits per heavy atom. The summed E-state index contributed by atoms with van der Waals surface area (Å²) in [5, 5.41) is 6.46. The molecule has 2 unspecified atom stereocenters. The highest BCUT2D eigenvalue weighted by Crippen LogP contribution is 2.48. The second-order valence-corrected chi connectivity index (χ2v) is 9.62. The van der Waals surface area contributed by atoms with E-state index in [2.05, 4.69) is 27.2 Å². The van der Waals surface area contributed by atoms with Crippen molar-refractivity contribution in [3.63, 3.8) is 0 Å². The maximum Gasteiger partial charge on any atom is 0.330 e. The topological polar surface area (TPSA) is 109 Å². The van der Waals surface area contributed by atoms with Gasteiger partial charge in [-0.3, -0.25) is 14.6 Å². The minimum atomic E-state index is -0.799. The van der Waals surface area contributed by atoms with Crippen molar-refractivity contribution < 1.29 is 23.5 Å². The van der Waals surface area contributed by atoms with Gasteiger partial charge in [0.25, 0.3) is 0 Å². The van der Waals surface area contributed by atoms with E-state index in [1.54, 1.807) is 6.20 Å². The molecule has 1 aromatic carbocycles. The minimum absolute atomic E-state index is 0. The van der Waals surface area contributed by atoms with Crippen LogP contribution in [-0.4, -0.2) is 61.4 Å². The molecular weight excluding hydrogens is 550 g/mol. The van der Waals surface area contributed by atoms with Crippen LogP contribution < -0.4 is 29.9 Å². The average molecular weight is 583 g/mol. The number of anilines is 3. The number of carbonyl (C=O) groups is 2. The van der Waals surface area contributed by atoms with Crippen molar-refractivity contribution in [1.29, 1.82) is 0 Å². The molecule has 2 aliphatic rings. The summed E-state index contributed by atoms with van der Waals surface area (Å²) < 4.78 is 24.3. The summed E-state index contributed by atoms with van der Waals surface area (Å²) in [6.07, 6.45) is 6.39. The Morgan fingerprint density at radius 3 is 2.44 bits per heavy atom. The average Bonchev–Trinajstić information content (AvgIpc) is 2.92. The van der Waals surface area contributed by atoms with Crippen LogP contribution in [0.15, 0.2) is 24.9 Å². The van der Waals surface area contributed by atoms with Gasteiger partial charge >= 0.3 is 6.03 Å². The Bertz CT molecular complexity index is 1210. The summed E-state index contributed by atoms with van der Waals surface area (Å²) in [6.45, 7) is 2.51. The van der Waals surface area contributed by atoms with Crippen molar-refractivity contribution in [3.05, 3.63) is 40.5 Å². The number of benzene rings is 1. The van der Waals surface area contributed by atoms with Crippen LogP contribution in [0.5, 0.6) is 11.5 Å². The summed E-state index contributed by atoms with van der Waals surface area (Å²) in [4.78, 5) is 37.1. The molecule has 1 aromatic heterocycles. The first-order valence-electron chi connectivity index (χ1n) is 12.1. The van der Waals surface area contributed by atoms with Gasteiger partial charge in [-0.05, 0) is 18.9 Å². The predicted octanol–water partition coefficient (Wildman–Crippen LogP) is 5.38. The van der Waals surface area contributed by atoms with Crippen LogP contribution in [0, 0.1) is 0 Å². The van der Waals surface area contributed by atoms with E-state index in [1.165, 1.54) is 36.2 Å². The molecule has 0 spiro atoms. The highest BCUT2D eigenvalue weighted by Gasteiger charge is 2.37. The Balaban J connectivity index is 0.00000420. The number of carbonyl (C=O) groups excluding carboxylic acids is 2. The number of urea groups is 1. The number of amides is 3. The second-order valence-electron chi connectivity index (χ2n) is 8.86. The number of hydrogen-bond donors (Lipinski definition) is 2. The summed E-state index contributed by atoms with van der Waals surface area (Å²) in [6, 6.07) is 0.721. The molecule has 1 aliphatic heterocycles. The summed E-state index contributed by atoms with van der Waals surface area (Å²) >= 11 is 13.1. The third-order valence-corrected chi connectivity index (χ3v) is 7.34. The number of fused-ring (bicyclic) bond motifs is 1. The smallest absolute Gasteiger partial charge is 0.330 e. The monoisotopic (exact) mass is 582 g/mol. The van der Waals surface area contributed by atoms with Gasteiger partial charge in [0.15, 0.2) is 0 Å². The molecule has 2 atom stereocenters. The van der Waals surface area contributed by atoms with Gasteiger partial charge in [0.2, 0.25) is 11.9 Å². The highest BCUT2D eigenvalue weighted by molar-refractivity contribution is 6.42. The molecule has 2 aromatic rings. The number of halogens is 3. The lowest BCUT2D eigenvalue weighted by Crippen LogP contribution is -2.50. The van der Waals surface area contributed by atoms with Crippen LogP contribution in [0.4, 0.5) is 26.6 Å². The normalized spacial score (nSPS) is 18.5. The molecule has 1 fully saturated rings. The fraction of sp³-hybridized carbons (Fsp3) is 0.462. The van der Waals surface area contributed by atoms with E-state index in [0.717, 1.165) is 25.7 Å². The van der Waals surface area contributed by atoms with Crippen LogP contribution in [0.25, 0.3) is 0 Å². The summed E-state index contributed by atoms with van der Waals surface area (Å²) in [7, 11) is 2.87. The van der Waals surface area contributed by atoms with Gasteiger partial charge in [-0.25, -0.2) is 14.2 Å². The molecule has 2 heterocycles. The molecule has 4 rings (SSSR count). The van der Waals surface area contributed by atoms with Gasteiger partial charge < -0.3 is 20.1 Å².